The van der Waals surface area contributed by atoms with Gasteiger partial charge in [-0.2, -0.15) is 0 Å². The molecular formula is C15H20BrN3. The fourth-order valence-electron chi connectivity index (χ4n) is 4.37. The van der Waals surface area contributed by atoms with Crippen LogP contribution in [-0.4, -0.2) is 55.1 Å². The minimum atomic E-state index is 0.137. The Kier molecular flexibility index (Phi) is 2.78. The minimum Gasteiger partial charge on any atom is -0.326 e. The molecule has 0 amide bonds. The number of rotatable bonds is 1. The Balaban J connectivity index is 1.81. The van der Waals surface area contributed by atoms with Gasteiger partial charge in [0.1, 0.15) is 0 Å². The van der Waals surface area contributed by atoms with Gasteiger partial charge < -0.3 is 15.5 Å². The number of piperidine rings is 2. The number of fused-ring (bicyclic) bond motifs is 1. The number of hydrogen-bond acceptors (Lipinski definition) is 3. The summed E-state index contributed by atoms with van der Waals surface area (Å²) >= 11 is 3.53. The van der Waals surface area contributed by atoms with Crippen molar-refractivity contribution in [1.82, 2.24) is 9.80 Å². The van der Waals surface area contributed by atoms with E-state index in [0.717, 1.165) is 17.6 Å². The molecule has 2 N–H and O–H groups in total. The number of hydrogen-bond donors (Lipinski definition) is 1. The molecule has 4 heteroatoms. The van der Waals surface area contributed by atoms with E-state index in [2.05, 4.69) is 50.0 Å². The lowest BCUT2D eigenvalue weighted by molar-refractivity contribution is 0.0353. The predicted octanol–water partition coefficient (Wildman–Crippen LogP) is 1.28. The van der Waals surface area contributed by atoms with E-state index >= 15 is 0 Å². The molecule has 4 bridgehead atoms. The van der Waals surface area contributed by atoms with Gasteiger partial charge in [-0.1, -0.05) is 28.1 Å². The Labute approximate surface area is 122 Å². The van der Waals surface area contributed by atoms with Crippen molar-refractivity contribution in [3.05, 3.63) is 34.3 Å². The monoisotopic (exact) mass is 321 g/mol. The van der Waals surface area contributed by atoms with E-state index in [-0.39, 0.29) is 5.41 Å². The maximum Gasteiger partial charge on any atom is 0.0362 e. The van der Waals surface area contributed by atoms with Gasteiger partial charge >= 0.3 is 0 Å². The van der Waals surface area contributed by atoms with E-state index in [1.807, 2.05) is 0 Å². The molecule has 5 rings (SSSR count). The molecule has 102 valence electrons. The van der Waals surface area contributed by atoms with Crippen LogP contribution in [0.4, 0.5) is 0 Å². The summed E-state index contributed by atoms with van der Waals surface area (Å²) < 4.78 is 1.15. The number of nitrogens with two attached hydrogens (primary N) is 1. The van der Waals surface area contributed by atoms with Crippen LogP contribution in [-0.2, 0) is 5.41 Å². The molecule has 4 heterocycles. The van der Waals surface area contributed by atoms with Crippen LogP contribution in [0.2, 0.25) is 0 Å². The Morgan fingerprint density at radius 2 is 1.63 bits per heavy atom. The zero-order valence-electron chi connectivity index (χ0n) is 11.1. The van der Waals surface area contributed by atoms with E-state index in [9.17, 15) is 0 Å². The fraction of sp³-hybridized carbons (Fsp3) is 0.600. The molecule has 3 atom stereocenters. The van der Waals surface area contributed by atoms with Crippen molar-refractivity contribution >= 4 is 15.9 Å². The van der Waals surface area contributed by atoms with Crippen LogP contribution in [0.5, 0.6) is 0 Å². The van der Waals surface area contributed by atoms with Crippen molar-refractivity contribution in [3.63, 3.8) is 0 Å². The van der Waals surface area contributed by atoms with Gasteiger partial charge in [0.15, 0.2) is 0 Å². The lowest BCUT2D eigenvalue weighted by atomic mass is 9.65. The lowest BCUT2D eigenvalue weighted by Gasteiger charge is -2.54. The maximum atomic E-state index is 6.68. The van der Waals surface area contributed by atoms with Crippen molar-refractivity contribution in [2.45, 2.75) is 11.5 Å². The van der Waals surface area contributed by atoms with E-state index in [1.165, 1.54) is 31.7 Å². The summed E-state index contributed by atoms with van der Waals surface area (Å²) in [4.78, 5) is 5.26. The van der Waals surface area contributed by atoms with Crippen LogP contribution in [0, 0.1) is 5.92 Å². The molecule has 1 aromatic rings. The Morgan fingerprint density at radius 3 is 2.21 bits per heavy atom. The van der Waals surface area contributed by atoms with E-state index in [0.29, 0.717) is 12.0 Å². The molecule has 4 aliphatic rings. The molecule has 0 spiro atoms. The third kappa shape index (κ3) is 1.81. The first-order valence-corrected chi connectivity index (χ1v) is 7.93. The first kappa shape index (κ1) is 12.3. The fourth-order valence-corrected chi connectivity index (χ4v) is 4.63. The van der Waals surface area contributed by atoms with E-state index in [4.69, 9.17) is 5.73 Å². The largest absolute Gasteiger partial charge is 0.326 e. The van der Waals surface area contributed by atoms with Crippen LogP contribution < -0.4 is 5.73 Å². The van der Waals surface area contributed by atoms with Crippen LogP contribution in [0.15, 0.2) is 28.7 Å². The minimum absolute atomic E-state index is 0.137. The van der Waals surface area contributed by atoms with Gasteiger partial charge in [-0.25, -0.2) is 0 Å². The first-order valence-electron chi connectivity index (χ1n) is 7.14. The van der Waals surface area contributed by atoms with Crippen molar-refractivity contribution < 1.29 is 0 Å². The molecule has 0 aliphatic carbocycles. The molecule has 0 saturated carbocycles. The summed E-state index contributed by atoms with van der Waals surface area (Å²) in [6.45, 7) is 7.06. The number of nitrogens with zero attached hydrogens (tertiary/aromatic N) is 2. The van der Waals surface area contributed by atoms with Crippen LogP contribution in [0.3, 0.4) is 0 Å². The highest BCUT2D eigenvalue weighted by Gasteiger charge is 2.53. The molecule has 3 unspecified atom stereocenters. The number of benzene rings is 1. The predicted molar refractivity (Wildman–Crippen MR) is 80.2 cm³/mol. The smallest absolute Gasteiger partial charge is 0.0362 e. The highest BCUT2D eigenvalue weighted by atomic mass is 79.9. The van der Waals surface area contributed by atoms with Gasteiger partial charge in [-0.15, -0.1) is 0 Å². The van der Waals surface area contributed by atoms with Crippen molar-refractivity contribution in [1.29, 1.82) is 0 Å². The summed E-state index contributed by atoms with van der Waals surface area (Å²) in [5.74, 6) is 0.633. The van der Waals surface area contributed by atoms with Crippen LogP contribution in [0.1, 0.15) is 5.56 Å². The molecule has 1 aromatic carbocycles. The SMILES string of the molecule is NC1C2CN3CCN(C2)CC1(c1ccc(Br)cc1)C3. The summed E-state index contributed by atoms with van der Waals surface area (Å²) in [7, 11) is 0. The highest BCUT2D eigenvalue weighted by molar-refractivity contribution is 9.10. The quantitative estimate of drug-likeness (QED) is 0.845. The summed E-state index contributed by atoms with van der Waals surface area (Å²) in [6, 6.07) is 9.14. The maximum absolute atomic E-state index is 6.68. The number of halogens is 1. The van der Waals surface area contributed by atoms with Gasteiger partial charge in [0.2, 0.25) is 0 Å². The van der Waals surface area contributed by atoms with Gasteiger partial charge in [-0.3, -0.25) is 0 Å². The summed E-state index contributed by atoms with van der Waals surface area (Å²) in [5.41, 5.74) is 8.23. The summed E-state index contributed by atoms with van der Waals surface area (Å²) in [5, 5.41) is 0. The van der Waals surface area contributed by atoms with Gasteiger partial charge in [-0.05, 0) is 17.7 Å². The topological polar surface area (TPSA) is 32.5 Å². The third-order valence-electron chi connectivity index (χ3n) is 5.29. The molecule has 19 heavy (non-hydrogen) atoms. The van der Waals surface area contributed by atoms with E-state index in [1.54, 1.807) is 0 Å². The van der Waals surface area contributed by atoms with Crippen LogP contribution in [0.25, 0.3) is 0 Å². The second-order valence-corrected chi connectivity index (χ2v) is 7.33. The molecule has 4 fully saturated rings. The molecule has 0 radical (unpaired) electrons. The van der Waals surface area contributed by atoms with Crippen molar-refractivity contribution in [2.24, 2.45) is 11.7 Å². The molecule has 4 saturated heterocycles. The zero-order valence-corrected chi connectivity index (χ0v) is 12.6. The molecule has 4 aliphatic heterocycles. The van der Waals surface area contributed by atoms with Crippen LogP contribution >= 0.6 is 15.9 Å². The lowest BCUT2D eigenvalue weighted by Crippen LogP contribution is -2.68. The van der Waals surface area contributed by atoms with Gasteiger partial charge in [0.25, 0.3) is 0 Å². The van der Waals surface area contributed by atoms with Crippen molar-refractivity contribution in [2.75, 3.05) is 39.3 Å². The third-order valence-corrected chi connectivity index (χ3v) is 5.82. The Bertz CT molecular complexity index is 471. The molecule has 0 aromatic heterocycles. The normalized spacial score (nSPS) is 44.3. The summed E-state index contributed by atoms with van der Waals surface area (Å²) in [6.07, 6.45) is 0. The Hall–Kier alpha value is -0.420. The second-order valence-electron chi connectivity index (χ2n) is 6.42. The average Bonchev–Trinajstić information content (AvgIpc) is 2.64. The van der Waals surface area contributed by atoms with Gasteiger partial charge in [0, 0.05) is 61.1 Å². The zero-order chi connectivity index (χ0) is 13.0. The second kappa shape index (κ2) is 4.29. The Morgan fingerprint density at radius 1 is 1.05 bits per heavy atom. The standard InChI is InChI=1S/C15H20BrN3/c16-13-3-1-12(2-4-13)15-9-18-5-6-19(10-15)8-11(7-18)14(15)17/h1-4,11,14H,5-10,17H2. The molecular weight excluding hydrogens is 302 g/mol. The first-order chi connectivity index (χ1) is 9.17. The average molecular weight is 322 g/mol. The van der Waals surface area contributed by atoms with Gasteiger partial charge in [0.05, 0.1) is 0 Å². The van der Waals surface area contributed by atoms with Crippen molar-refractivity contribution in [3.8, 4) is 0 Å². The van der Waals surface area contributed by atoms with E-state index < -0.39 is 0 Å². The molecule has 3 nitrogen and oxygen atoms in total. The highest BCUT2D eigenvalue weighted by Crippen LogP contribution is 2.42.